The van der Waals surface area contributed by atoms with Gasteiger partial charge in [0.05, 0.1) is 5.69 Å². The predicted molar refractivity (Wildman–Crippen MR) is 89.8 cm³/mol. The number of nitriles is 1. The van der Waals surface area contributed by atoms with Crippen LogP contribution in [0.5, 0.6) is 0 Å². The van der Waals surface area contributed by atoms with Gasteiger partial charge in [-0.05, 0) is 35.4 Å². The Morgan fingerprint density at radius 2 is 1.71 bits per heavy atom. The Morgan fingerprint density at radius 1 is 1.05 bits per heavy atom. The largest absolute Gasteiger partial charge is 0.396 e. The third kappa shape index (κ3) is 2.56. The summed E-state index contributed by atoms with van der Waals surface area (Å²) in [6.45, 7) is 0. The van der Waals surface area contributed by atoms with Gasteiger partial charge in [0.2, 0.25) is 0 Å². The summed E-state index contributed by atoms with van der Waals surface area (Å²) < 4.78 is 1.02. The number of anilines is 1. The first kappa shape index (κ1) is 13.8. The van der Waals surface area contributed by atoms with E-state index in [0.717, 1.165) is 26.0 Å². The van der Waals surface area contributed by atoms with Gasteiger partial charge in [-0.25, -0.2) is 0 Å². The molecule has 1 aromatic carbocycles. The molecule has 0 spiro atoms. The van der Waals surface area contributed by atoms with Crippen molar-refractivity contribution in [3.05, 3.63) is 58.1 Å². The van der Waals surface area contributed by atoms with Crippen LogP contribution in [0.25, 0.3) is 21.6 Å². The molecule has 0 amide bonds. The predicted octanol–water partition coefficient (Wildman–Crippen LogP) is 4.69. The van der Waals surface area contributed by atoms with E-state index in [2.05, 4.69) is 27.0 Å². The summed E-state index contributed by atoms with van der Waals surface area (Å²) in [5.41, 5.74) is 9.63. The van der Waals surface area contributed by atoms with Crippen molar-refractivity contribution in [1.29, 1.82) is 5.26 Å². The fourth-order valence-electron chi connectivity index (χ4n) is 2.14. The number of aromatic nitrogens is 1. The molecular weight excluding hydrogens is 346 g/mol. The van der Waals surface area contributed by atoms with Gasteiger partial charge >= 0.3 is 0 Å². The summed E-state index contributed by atoms with van der Waals surface area (Å²) in [5.74, 6) is 0. The Labute approximate surface area is 134 Å². The van der Waals surface area contributed by atoms with E-state index in [1.807, 2.05) is 36.4 Å². The van der Waals surface area contributed by atoms with E-state index in [1.54, 1.807) is 12.4 Å². The highest BCUT2D eigenvalue weighted by atomic mass is 79.9. The molecule has 21 heavy (non-hydrogen) atoms. The molecule has 0 aliphatic heterocycles. The van der Waals surface area contributed by atoms with Crippen molar-refractivity contribution in [3.8, 4) is 27.6 Å². The third-order valence-electron chi connectivity index (χ3n) is 3.12. The van der Waals surface area contributed by atoms with Crippen molar-refractivity contribution in [3.63, 3.8) is 0 Å². The van der Waals surface area contributed by atoms with E-state index in [-0.39, 0.29) is 0 Å². The lowest BCUT2D eigenvalue weighted by Gasteiger charge is -2.06. The number of hydrogen-bond donors (Lipinski definition) is 1. The van der Waals surface area contributed by atoms with Crippen LogP contribution < -0.4 is 5.73 Å². The van der Waals surface area contributed by atoms with Crippen LogP contribution in [0.4, 0.5) is 5.69 Å². The molecule has 0 aliphatic carbocycles. The molecule has 3 rings (SSSR count). The fourth-order valence-corrected chi connectivity index (χ4v) is 3.45. The van der Waals surface area contributed by atoms with Crippen molar-refractivity contribution < 1.29 is 0 Å². The van der Waals surface area contributed by atoms with Gasteiger partial charge in [-0.3, -0.25) is 4.98 Å². The molecule has 2 heterocycles. The normalized spacial score (nSPS) is 10.3. The minimum absolute atomic E-state index is 0.534. The molecule has 0 atom stereocenters. The third-order valence-corrected chi connectivity index (χ3v) is 4.81. The summed E-state index contributed by atoms with van der Waals surface area (Å²) >= 11 is 4.85. The maximum Gasteiger partial charge on any atom is 0.129 e. The van der Waals surface area contributed by atoms with Gasteiger partial charge in [-0.2, -0.15) is 5.26 Å². The molecule has 2 N–H and O–H groups in total. The molecule has 5 heteroatoms. The number of thiophene rings is 1. The molecule has 3 aromatic rings. The average molecular weight is 356 g/mol. The second-order valence-electron chi connectivity index (χ2n) is 4.40. The van der Waals surface area contributed by atoms with E-state index in [9.17, 15) is 5.26 Å². The maximum atomic E-state index is 9.25. The van der Waals surface area contributed by atoms with Crippen molar-refractivity contribution >= 4 is 33.0 Å². The molecule has 0 bridgehead atoms. The van der Waals surface area contributed by atoms with Gasteiger partial charge in [0, 0.05) is 27.3 Å². The van der Waals surface area contributed by atoms with Gasteiger partial charge in [-0.1, -0.05) is 28.1 Å². The first-order chi connectivity index (χ1) is 10.2. The van der Waals surface area contributed by atoms with Crippen LogP contribution in [0.15, 0.2) is 53.3 Å². The number of halogens is 1. The summed E-state index contributed by atoms with van der Waals surface area (Å²) in [6, 6.07) is 14.0. The number of nitrogens with two attached hydrogens (primary N) is 1. The fraction of sp³-hybridized carbons (Fsp3) is 0. The van der Waals surface area contributed by atoms with Gasteiger partial charge in [-0.15, -0.1) is 11.3 Å². The van der Waals surface area contributed by atoms with Gasteiger partial charge < -0.3 is 5.73 Å². The van der Waals surface area contributed by atoms with Crippen molar-refractivity contribution in [2.45, 2.75) is 0 Å². The molecule has 0 radical (unpaired) electrons. The molecule has 0 aliphatic rings. The van der Waals surface area contributed by atoms with Crippen LogP contribution in [0.3, 0.4) is 0 Å². The van der Waals surface area contributed by atoms with Crippen LogP contribution in [0.2, 0.25) is 0 Å². The standard InChI is InChI=1S/C16H10BrN3S/c17-12-3-1-11(2-4-12)16-14(10-5-7-20-8-6-10)15(19)13(9-18)21-16/h1-8H,19H2. The van der Waals surface area contributed by atoms with E-state index in [0.29, 0.717) is 10.6 Å². The van der Waals surface area contributed by atoms with Crippen LogP contribution >= 0.6 is 27.3 Å². The Kier molecular flexibility index (Phi) is 3.74. The highest BCUT2D eigenvalue weighted by Crippen LogP contribution is 2.44. The van der Waals surface area contributed by atoms with Crippen molar-refractivity contribution in [1.82, 2.24) is 4.98 Å². The number of rotatable bonds is 2. The van der Waals surface area contributed by atoms with Crippen LogP contribution in [0, 0.1) is 11.3 Å². The zero-order valence-electron chi connectivity index (χ0n) is 10.9. The zero-order chi connectivity index (χ0) is 14.8. The summed E-state index contributed by atoms with van der Waals surface area (Å²) in [4.78, 5) is 5.58. The van der Waals surface area contributed by atoms with E-state index >= 15 is 0 Å². The van der Waals surface area contributed by atoms with Gasteiger partial charge in [0.1, 0.15) is 10.9 Å². The number of hydrogen-bond acceptors (Lipinski definition) is 4. The van der Waals surface area contributed by atoms with E-state index in [4.69, 9.17) is 5.73 Å². The second kappa shape index (κ2) is 5.68. The molecule has 0 saturated carbocycles. The Hall–Kier alpha value is -2.16. The van der Waals surface area contributed by atoms with Gasteiger partial charge in [0.15, 0.2) is 0 Å². The van der Waals surface area contributed by atoms with E-state index in [1.165, 1.54) is 11.3 Å². The van der Waals surface area contributed by atoms with Gasteiger partial charge in [0.25, 0.3) is 0 Å². The smallest absolute Gasteiger partial charge is 0.129 e. The number of nitrogens with zero attached hydrogens (tertiary/aromatic N) is 2. The molecule has 0 fully saturated rings. The second-order valence-corrected chi connectivity index (χ2v) is 6.34. The summed E-state index contributed by atoms with van der Waals surface area (Å²) in [5, 5.41) is 9.25. The number of benzene rings is 1. The van der Waals surface area contributed by atoms with E-state index < -0.39 is 0 Å². The highest BCUT2D eigenvalue weighted by molar-refractivity contribution is 9.10. The van der Waals surface area contributed by atoms with Crippen molar-refractivity contribution in [2.75, 3.05) is 5.73 Å². The average Bonchev–Trinajstić information content (AvgIpc) is 2.85. The minimum atomic E-state index is 0.534. The lowest BCUT2D eigenvalue weighted by molar-refractivity contribution is 1.33. The van der Waals surface area contributed by atoms with Crippen LogP contribution in [-0.2, 0) is 0 Å². The minimum Gasteiger partial charge on any atom is -0.396 e. The first-order valence-electron chi connectivity index (χ1n) is 6.19. The molecule has 2 aromatic heterocycles. The zero-order valence-corrected chi connectivity index (χ0v) is 13.3. The first-order valence-corrected chi connectivity index (χ1v) is 7.80. The quantitative estimate of drug-likeness (QED) is 0.724. The summed E-state index contributed by atoms with van der Waals surface area (Å²) in [6.07, 6.45) is 3.45. The molecule has 0 unspecified atom stereocenters. The molecular formula is C16H10BrN3S. The Bertz CT molecular complexity index is 817. The molecule has 3 nitrogen and oxygen atoms in total. The topological polar surface area (TPSA) is 62.7 Å². The summed E-state index contributed by atoms with van der Waals surface area (Å²) in [7, 11) is 0. The highest BCUT2D eigenvalue weighted by Gasteiger charge is 2.18. The lowest BCUT2D eigenvalue weighted by atomic mass is 10.0. The van der Waals surface area contributed by atoms with Crippen LogP contribution in [-0.4, -0.2) is 4.98 Å². The Morgan fingerprint density at radius 3 is 2.33 bits per heavy atom. The molecule has 102 valence electrons. The van der Waals surface area contributed by atoms with Crippen molar-refractivity contribution in [2.24, 2.45) is 0 Å². The SMILES string of the molecule is N#Cc1sc(-c2ccc(Br)cc2)c(-c2ccncc2)c1N. The van der Waals surface area contributed by atoms with Crippen LogP contribution in [0.1, 0.15) is 4.88 Å². The lowest BCUT2D eigenvalue weighted by Crippen LogP contribution is -1.89. The Balaban J connectivity index is 2.26. The maximum absolute atomic E-state index is 9.25. The number of pyridine rings is 1. The molecule has 0 saturated heterocycles. The monoisotopic (exact) mass is 355 g/mol. The number of nitrogen functional groups attached to an aromatic ring is 1.